The van der Waals surface area contributed by atoms with Crippen molar-refractivity contribution >= 4 is 35.0 Å². The van der Waals surface area contributed by atoms with E-state index in [0.717, 1.165) is 17.8 Å². The molecule has 0 aliphatic carbocycles. The second-order valence-corrected chi connectivity index (χ2v) is 6.96. The number of rotatable bonds is 6. The lowest BCUT2D eigenvalue weighted by molar-refractivity contribution is -0.137. The van der Waals surface area contributed by atoms with Gasteiger partial charge in [0.05, 0.1) is 29.7 Å². The molecule has 0 saturated heterocycles. The highest BCUT2D eigenvalue weighted by molar-refractivity contribution is 7.99. The van der Waals surface area contributed by atoms with Gasteiger partial charge in [0.25, 0.3) is 11.1 Å². The van der Waals surface area contributed by atoms with Gasteiger partial charge in [0.1, 0.15) is 5.75 Å². The molecule has 2 aromatic carbocycles. The van der Waals surface area contributed by atoms with Crippen LogP contribution < -0.4 is 10.1 Å². The van der Waals surface area contributed by atoms with Gasteiger partial charge in [-0.1, -0.05) is 35.5 Å². The molecule has 11 heteroatoms. The molecule has 0 unspecified atom stereocenters. The molecule has 152 valence electrons. The van der Waals surface area contributed by atoms with Crippen molar-refractivity contribution in [2.45, 2.75) is 11.4 Å². The van der Waals surface area contributed by atoms with Crippen LogP contribution in [-0.2, 0) is 11.0 Å². The number of ether oxygens (including phenoxy) is 1. The summed E-state index contributed by atoms with van der Waals surface area (Å²) >= 11 is 6.86. The molecule has 0 saturated carbocycles. The Hall–Kier alpha value is -2.72. The molecule has 3 rings (SSSR count). The first-order chi connectivity index (χ1) is 13.8. The average molecular weight is 444 g/mol. The number of thioether (sulfide) groups is 1. The van der Waals surface area contributed by atoms with Crippen LogP contribution in [0.2, 0.25) is 5.02 Å². The summed E-state index contributed by atoms with van der Waals surface area (Å²) in [7, 11) is 1.47. The molecule has 0 radical (unpaired) electrons. The molecule has 0 atom stereocenters. The van der Waals surface area contributed by atoms with E-state index in [4.69, 9.17) is 20.8 Å². The minimum absolute atomic E-state index is 0.0706. The van der Waals surface area contributed by atoms with E-state index < -0.39 is 17.6 Å². The number of carbonyl (C=O) groups excluding carboxylic acids is 1. The van der Waals surface area contributed by atoms with Crippen molar-refractivity contribution in [2.24, 2.45) is 0 Å². The van der Waals surface area contributed by atoms with E-state index in [-0.39, 0.29) is 22.6 Å². The van der Waals surface area contributed by atoms with Crippen LogP contribution in [-0.4, -0.2) is 29.0 Å². The number of para-hydroxylation sites is 1. The second-order valence-electron chi connectivity index (χ2n) is 5.60. The Kier molecular flexibility index (Phi) is 6.33. The Morgan fingerprint density at radius 2 is 2.00 bits per heavy atom. The van der Waals surface area contributed by atoms with Gasteiger partial charge in [-0.15, -0.1) is 10.2 Å². The monoisotopic (exact) mass is 443 g/mol. The average Bonchev–Trinajstić information content (AvgIpc) is 3.15. The van der Waals surface area contributed by atoms with E-state index in [1.54, 1.807) is 18.2 Å². The second kappa shape index (κ2) is 8.75. The zero-order chi connectivity index (χ0) is 21.0. The number of methoxy groups -OCH3 is 1. The molecule has 1 amide bonds. The minimum atomic E-state index is -4.57. The van der Waals surface area contributed by atoms with Crippen molar-refractivity contribution in [2.75, 3.05) is 18.2 Å². The molecule has 0 aliphatic rings. The summed E-state index contributed by atoms with van der Waals surface area (Å²) in [6, 6.07) is 9.59. The molecular weight excluding hydrogens is 431 g/mol. The first-order valence-corrected chi connectivity index (χ1v) is 9.40. The Labute approximate surface area is 172 Å². The van der Waals surface area contributed by atoms with E-state index in [1.165, 1.54) is 25.3 Å². The predicted octanol–water partition coefficient (Wildman–Crippen LogP) is 5.15. The lowest BCUT2D eigenvalue weighted by atomic mass is 10.1. The zero-order valence-corrected chi connectivity index (χ0v) is 16.4. The highest BCUT2D eigenvalue weighted by Gasteiger charge is 2.33. The van der Waals surface area contributed by atoms with Gasteiger partial charge < -0.3 is 14.5 Å². The van der Waals surface area contributed by atoms with Crippen LogP contribution in [0, 0.1) is 0 Å². The zero-order valence-electron chi connectivity index (χ0n) is 14.8. The fourth-order valence-electron chi connectivity index (χ4n) is 2.38. The summed E-state index contributed by atoms with van der Waals surface area (Å²) in [6.45, 7) is 0. The number of nitrogens with one attached hydrogen (secondary N) is 1. The Bertz CT molecular complexity index is 1030. The number of aromatic nitrogens is 2. The molecule has 1 N–H and O–H groups in total. The van der Waals surface area contributed by atoms with Crippen LogP contribution in [0.1, 0.15) is 5.56 Å². The number of hydrogen-bond acceptors (Lipinski definition) is 6. The highest BCUT2D eigenvalue weighted by Crippen LogP contribution is 2.35. The van der Waals surface area contributed by atoms with Crippen LogP contribution in [0.15, 0.2) is 52.1 Å². The van der Waals surface area contributed by atoms with Gasteiger partial charge >= 0.3 is 6.18 Å². The largest absolute Gasteiger partial charge is 0.496 e. The molecular formula is C18H13ClF3N3O3S. The molecule has 29 heavy (non-hydrogen) atoms. The minimum Gasteiger partial charge on any atom is -0.496 e. The first kappa shape index (κ1) is 21.0. The maximum Gasteiger partial charge on any atom is 0.418 e. The molecule has 6 nitrogen and oxygen atoms in total. The topological polar surface area (TPSA) is 77.2 Å². The van der Waals surface area contributed by atoms with Gasteiger partial charge in [0, 0.05) is 5.02 Å². The van der Waals surface area contributed by atoms with Crippen LogP contribution in [0.4, 0.5) is 18.9 Å². The summed E-state index contributed by atoms with van der Waals surface area (Å²) in [5.74, 6) is -0.266. The van der Waals surface area contributed by atoms with Crippen molar-refractivity contribution < 1.29 is 27.1 Å². The summed E-state index contributed by atoms with van der Waals surface area (Å²) in [4.78, 5) is 12.1. The first-order valence-electron chi connectivity index (χ1n) is 8.04. The summed E-state index contributed by atoms with van der Waals surface area (Å²) in [6.07, 6.45) is -4.57. The Balaban J connectivity index is 1.67. The third-order valence-corrected chi connectivity index (χ3v) is 4.69. The van der Waals surface area contributed by atoms with E-state index in [2.05, 4.69) is 15.5 Å². The normalized spacial score (nSPS) is 11.3. The number of nitrogens with zero attached hydrogens (tertiary/aromatic N) is 2. The number of hydrogen-bond donors (Lipinski definition) is 1. The fourth-order valence-corrected chi connectivity index (χ4v) is 3.11. The summed E-state index contributed by atoms with van der Waals surface area (Å²) in [5, 5.41) is 10.5. The van der Waals surface area contributed by atoms with Crippen LogP contribution in [0.25, 0.3) is 11.5 Å². The molecule has 1 aromatic heterocycles. The summed E-state index contributed by atoms with van der Waals surface area (Å²) < 4.78 is 49.7. The molecule has 0 spiro atoms. The highest BCUT2D eigenvalue weighted by atomic mass is 35.5. The van der Waals surface area contributed by atoms with Crippen molar-refractivity contribution in [3.8, 4) is 17.2 Å². The van der Waals surface area contributed by atoms with Gasteiger partial charge in [0.2, 0.25) is 5.91 Å². The van der Waals surface area contributed by atoms with Crippen LogP contribution >= 0.6 is 23.4 Å². The van der Waals surface area contributed by atoms with Crippen LogP contribution in [0.5, 0.6) is 5.75 Å². The Morgan fingerprint density at radius 1 is 1.24 bits per heavy atom. The number of anilines is 1. The van der Waals surface area contributed by atoms with E-state index in [1.807, 2.05) is 0 Å². The van der Waals surface area contributed by atoms with Crippen LogP contribution in [0.3, 0.4) is 0 Å². The van der Waals surface area contributed by atoms with E-state index >= 15 is 0 Å². The lowest BCUT2D eigenvalue weighted by Crippen LogP contribution is -2.18. The fraction of sp³-hybridized carbons (Fsp3) is 0.167. The molecule has 1 heterocycles. The maximum atomic E-state index is 13.0. The van der Waals surface area contributed by atoms with E-state index in [9.17, 15) is 18.0 Å². The van der Waals surface area contributed by atoms with Gasteiger partial charge in [-0.3, -0.25) is 4.79 Å². The third kappa shape index (κ3) is 5.21. The van der Waals surface area contributed by atoms with Gasteiger partial charge in [-0.05, 0) is 30.3 Å². The molecule has 0 fully saturated rings. The van der Waals surface area contributed by atoms with Crippen molar-refractivity contribution in [3.63, 3.8) is 0 Å². The van der Waals surface area contributed by atoms with Crippen molar-refractivity contribution in [1.29, 1.82) is 0 Å². The summed E-state index contributed by atoms with van der Waals surface area (Å²) in [5.41, 5.74) is -0.769. The van der Waals surface area contributed by atoms with Crippen molar-refractivity contribution in [3.05, 3.63) is 53.1 Å². The van der Waals surface area contributed by atoms with Gasteiger partial charge in [0.15, 0.2) is 0 Å². The molecule has 0 aliphatic heterocycles. The van der Waals surface area contributed by atoms with E-state index in [0.29, 0.717) is 16.3 Å². The lowest BCUT2D eigenvalue weighted by Gasteiger charge is -2.13. The SMILES string of the molecule is COc1ccc(Cl)cc1-c1nnc(SCC(=O)Nc2ccccc2C(F)(F)F)o1. The molecule has 3 aromatic rings. The maximum absolute atomic E-state index is 13.0. The molecule has 0 bridgehead atoms. The number of amides is 1. The number of alkyl halides is 3. The smallest absolute Gasteiger partial charge is 0.418 e. The Morgan fingerprint density at radius 3 is 2.72 bits per heavy atom. The number of carbonyl (C=O) groups is 1. The van der Waals surface area contributed by atoms with Crippen molar-refractivity contribution in [1.82, 2.24) is 10.2 Å². The predicted molar refractivity (Wildman–Crippen MR) is 102 cm³/mol. The third-order valence-electron chi connectivity index (χ3n) is 3.63. The number of halogens is 4. The number of benzene rings is 2. The quantitative estimate of drug-likeness (QED) is 0.531. The standard InChI is InChI=1S/C18H13ClF3N3O3S/c1-27-14-7-6-10(19)8-11(14)16-24-25-17(28-16)29-9-15(26)23-13-5-3-2-4-12(13)18(20,21)22/h2-8H,9H2,1H3,(H,23,26). The van der Waals surface area contributed by atoms with Gasteiger partial charge in [-0.25, -0.2) is 0 Å². The van der Waals surface area contributed by atoms with Gasteiger partial charge in [-0.2, -0.15) is 13.2 Å².